The van der Waals surface area contributed by atoms with Gasteiger partial charge in [0.15, 0.2) is 0 Å². The summed E-state index contributed by atoms with van der Waals surface area (Å²) < 4.78 is 0. The van der Waals surface area contributed by atoms with Crippen LogP contribution in [0.3, 0.4) is 0 Å². The number of piperidine rings is 1. The van der Waals surface area contributed by atoms with Gasteiger partial charge >= 0.3 is 0 Å². The van der Waals surface area contributed by atoms with Crippen LogP contribution in [-0.4, -0.2) is 48.9 Å². The van der Waals surface area contributed by atoms with Crippen LogP contribution in [0.25, 0.3) is 0 Å². The molecule has 3 aliphatic rings. The van der Waals surface area contributed by atoms with E-state index in [0.717, 1.165) is 38.2 Å². The molecule has 2 saturated heterocycles. The van der Waals surface area contributed by atoms with Crippen molar-refractivity contribution in [2.75, 3.05) is 31.1 Å². The van der Waals surface area contributed by atoms with Gasteiger partial charge in [-0.25, -0.2) is 0 Å². The van der Waals surface area contributed by atoms with Crippen LogP contribution < -0.4 is 10.2 Å². The fourth-order valence-corrected chi connectivity index (χ4v) is 4.98. The summed E-state index contributed by atoms with van der Waals surface area (Å²) in [4.78, 5) is 29.6. The van der Waals surface area contributed by atoms with Crippen molar-refractivity contribution in [3.8, 4) is 0 Å². The fraction of sp³-hybridized carbons (Fsp3) is 0.652. The summed E-state index contributed by atoms with van der Waals surface area (Å²) in [6, 6.07) is 6.92. The molecule has 2 aliphatic heterocycles. The summed E-state index contributed by atoms with van der Waals surface area (Å²) in [5, 5.41) is 3.14. The molecule has 1 aromatic rings. The number of hydrogen-bond acceptors (Lipinski definition) is 3. The number of fused-ring (bicyclic) bond motifs is 1. The third-order valence-electron chi connectivity index (χ3n) is 6.74. The molecule has 4 rings (SSSR count). The van der Waals surface area contributed by atoms with Crippen LogP contribution in [0.15, 0.2) is 18.2 Å². The first-order valence-electron chi connectivity index (χ1n) is 10.9. The second kappa shape index (κ2) is 8.24. The lowest BCUT2D eigenvalue weighted by Gasteiger charge is -2.35. The maximum Gasteiger partial charge on any atom is 0.227 e. The molecule has 5 nitrogen and oxygen atoms in total. The Bertz CT molecular complexity index is 745. The number of benzene rings is 1. The number of anilines is 1. The molecule has 1 N–H and O–H groups in total. The molecule has 0 saturated carbocycles. The number of hydrogen-bond donors (Lipinski definition) is 1. The van der Waals surface area contributed by atoms with Gasteiger partial charge in [0.05, 0.1) is 5.92 Å². The van der Waals surface area contributed by atoms with Crippen molar-refractivity contribution in [1.29, 1.82) is 0 Å². The minimum atomic E-state index is -0.231. The quantitative estimate of drug-likeness (QED) is 0.851. The average molecular weight is 384 g/mol. The minimum Gasteiger partial charge on any atom is -0.355 e. The van der Waals surface area contributed by atoms with E-state index in [2.05, 4.69) is 36.2 Å². The summed E-state index contributed by atoms with van der Waals surface area (Å²) in [7, 11) is 0. The smallest absolute Gasteiger partial charge is 0.227 e. The molecule has 28 heavy (non-hydrogen) atoms. The maximum atomic E-state index is 12.7. The lowest BCUT2D eigenvalue weighted by molar-refractivity contribution is -0.126. The van der Waals surface area contributed by atoms with E-state index in [0.29, 0.717) is 24.9 Å². The van der Waals surface area contributed by atoms with Crippen LogP contribution in [0.5, 0.6) is 0 Å². The summed E-state index contributed by atoms with van der Waals surface area (Å²) >= 11 is 0. The van der Waals surface area contributed by atoms with E-state index in [1.165, 1.54) is 30.4 Å². The number of aryl methyl sites for hydroxylation is 2. The van der Waals surface area contributed by atoms with Crippen LogP contribution in [0, 0.1) is 11.8 Å². The maximum absolute atomic E-state index is 12.7. The highest BCUT2D eigenvalue weighted by atomic mass is 16.2. The van der Waals surface area contributed by atoms with Gasteiger partial charge in [-0.05, 0) is 81.7 Å². The van der Waals surface area contributed by atoms with Gasteiger partial charge in [0.2, 0.25) is 11.8 Å². The first-order chi connectivity index (χ1) is 13.5. The molecule has 0 spiro atoms. The Balaban J connectivity index is 1.32. The Morgan fingerprint density at radius 2 is 2.00 bits per heavy atom. The molecule has 1 aliphatic carbocycles. The third-order valence-corrected chi connectivity index (χ3v) is 6.74. The van der Waals surface area contributed by atoms with E-state index in [4.69, 9.17) is 0 Å². The molecular formula is C23H33N3O2. The largest absolute Gasteiger partial charge is 0.355 e. The summed E-state index contributed by atoms with van der Waals surface area (Å²) in [6.45, 7) is 7.92. The number of carbonyl (C=O) groups is 2. The first kappa shape index (κ1) is 19.4. The molecule has 2 amide bonds. The average Bonchev–Trinajstić information content (AvgIpc) is 3.32. The fourth-order valence-electron chi connectivity index (χ4n) is 4.98. The highest BCUT2D eigenvalue weighted by Crippen LogP contribution is 2.30. The van der Waals surface area contributed by atoms with Crippen LogP contribution in [0.4, 0.5) is 5.69 Å². The third kappa shape index (κ3) is 4.09. The highest BCUT2D eigenvalue weighted by Gasteiger charge is 2.35. The molecule has 2 atom stereocenters. The number of carbonyl (C=O) groups excluding carboxylic acids is 2. The van der Waals surface area contributed by atoms with Gasteiger partial charge in [-0.3, -0.25) is 9.59 Å². The number of likely N-dealkylation sites (tertiary alicyclic amines) is 1. The number of rotatable bonds is 5. The van der Waals surface area contributed by atoms with Gasteiger partial charge in [0, 0.05) is 37.8 Å². The Morgan fingerprint density at radius 1 is 1.18 bits per heavy atom. The molecule has 0 aromatic heterocycles. The van der Waals surface area contributed by atoms with Crippen LogP contribution in [-0.2, 0) is 22.4 Å². The molecule has 1 aromatic carbocycles. The number of nitrogens with zero attached hydrogens (tertiary/aromatic N) is 2. The lowest BCUT2D eigenvalue weighted by Crippen LogP contribution is -2.44. The molecule has 2 fully saturated rings. The van der Waals surface area contributed by atoms with E-state index in [9.17, 15) is 9.59 Å². The van der Waals surface area contributed by atoms with Crippen LogP contribution >= 0.6 is 0 Å². The van der Waals surface area contributed by atoms with Crippen molar-refractivity contribution in [2.45, 2.75) is 58.4 Å². The van der Waals surface area contributed by atoms with Gasteiger partial charge < -0.3 is 15.1 Å². The highest BCUT2D eigenvalue weighted by molar-refractivity contribution is 6.00. The Labute approximate surface area is 168 Å². The van der Waals surface area contributed by atoms with Gasteiger partial charge in [-0.2, -0.15) is 0 Å². The van der Waals surface area contributed by atoms with Gasteiger partial charge in [0.25, 0.3) is 0 Å². The molecule has 0 bridgehead atoms. The molecule has 2 heterocycles. The van der Waals surface area contributed by atoms with Crippen molar-refractivity contribution in [3.63, 3.8) is 0 Å². The molecule has 5 heteroatoms. The zero-order valence-corrected chi connectivity index (χ0v) is 17.2. The van der Waals surface area contributed by atoms with E-state index >= 15 is 0 Å². The monoisotopic (exact) mass is 383 g/mol. The molecule has 0 radical (unpaired) electrons. The molecular weight excluding hydrogens is 350 g/mol. The van der Waals surface area contributed by atoms with Crippen molar-refractivity contribution in [3.05, 3.63) is 29.3 Å². The second-order valence-electron chi connectivity index (χ2n) is 9.05. The van der Waals surface area contributed by atoms with E-state index in [1.54, 1.807) is 0 Å². The lowest BCUT2D eigenvalue weighted by atomic mass is 9.96. The summed E-state index contributed by atoms with van der Waals surface area (Å²) in [6.07, 6.45) is 6.15. The van der Waals surface area contributed by atoms with Gasteiger partial charge in [-0.1, -0.05) is 6.07 Å². The predicted octanol–water partition coefficient (Wildman–Crippen LogP) is 2.76. The van der Waals surface area contributed by atoms with Gasteiger partial charge in [0.1, 0.15) is 0 Å². The van der Waals surface area contributed by atoms with E-state index in [1.807, 2.05) is 11.0 Å². The number of nitrogens with one attached hydrogen (secondary N) is 1. The zero-order valence-electron chi connectivity index (χ0n) is 17.2. The van der Waals surface area contributed by atoms with Crippen molar-refractivity contribution >= 4 is 17.5 Å². The topological polar surface area (TPSA) is 52.7 Å². The second-order valence-corrected chi connectivity index (χ2v) is 9.05. The Morgan fingerprint density at radius 3 is 2.82 bits per heavy atom. The normalized spacial score (nSPS) is 25.4. The molecule has 152 valence electrons. The summed E-state index contributed by atoms with van der Waals surface area (Å²) in [5.41, 5.74) is 3.73. The SMILES string of the molecule is CC(C)N1CCCC(CNC(=O)C2CC(=O)N(c3ccc4c(c3)CCC4)C2)C1. The first-order valence-corrected chi connectivity index (χ1v) is 10.9. The minimum absolute atomic E-state index is 0.0404. The Hall–Kier alpha value is -1.88. The summed E-state index contributed by atoms with van der Waals surface area (Å²) in [5.74, 6) is 0.399. The van der Waals surface area contributed by atoms with Crippen molar-refractivity contribution in [1.82, 2.24) is 10.2 Å². The van der Waals surface area contributed by atoms with Crippen LogP contribution in [0.1, 0.15) is 50.7 Å². The molecule has 2 unspecified atom stereocenters. The van der Waals surface area contributed by atoms with Crippen LogP contribution in [0.2, 0.25) is 0 Å². The van der Waals surface area contributed by atoms with E-state index < -0.39 is 0 Å². The zero-order chi connectivity index (χ0) is 19.7. The van der Waals surface area contributed by atoms with E-state index in [-0.39, 0.29) is 17.7 Å². The Kier molecular flexibility index (Phi) is 5.72. The number of amides is 2. The van der Waals surface area contributed by atoms with Gasteiger partial charge in [-0.15, -0.1) is 0 Å². The predicted molar refractivity (Wildman–Crippen MR) is 111 cm³/mol. The van der Waals surface area contributed by atoms with Crippen molar-refractivity contribution < 1.29 is 9.59 Å². The van der Waals surface area contributed by atoms with Crippen molar-refractivity contribution in [2.24, 2.45) is 11.8 Å². The standard InChI is InChI=1S/C23H33N3O2/c1-16(2)25-10-4-5-17(14-25)13-24-23(28)20-12-22(27)26(15-20)21-9-8-18-6-3-7-19(18)11-21/h8-9,11,16-17,20H,3-7,10,12-15H2,1-2H3,(H,24,28).